The van der Waals surface area contributed by atoms with E-state index >= 15 is 0 Å². The van der Waals surface area contributed by atoms with Gasteiger partial charge in [-0.05, 0) is 24.6 Å². The lowest BCUT2D eigenvalue weighted by Gasteiger charge is -2.04. The van der Waals surface area contributed by atoms with Crippen molar-refractivity contribution in [2.24, 2.45) is 0 Å². The SMILES string of the molecule is CCCCC(=O)c1ccc(Br)cc1N. The van der Waals surface area contributed by atoms with Gasteiger partial charge in [-0.2, -0.15) is 0 Å². The average Bonchev–Trinajstić information content (AvgIpc) is 2.14. The highest BCUT2D eigenvalue weighted by Crippen LogP contribution is 2.20. The molecular formula is C11H14BrNO. The summed E-state index contributed by atoms with van der Waals surface area (Å²) in [5.74, 6) is 0.136. The summed E-state index contributed by atoms with van der Waals surface area (Å²) in [4.78, 5) is 11.6. The lowest BCUT2D eigenvalue weighted by atomic mass is 10.0. The number of carbonyl (C=O) groups excluding carboxylic acids is 1. The van der Waals surface area contributed by atoms with E-state index in [1.165, 1.54) is 0 Å². The van der Waals surface area contributed by atoms with Crippen molar-refractivity contribution in [2.45, 2.75) is 26.2 Å². The minimum atomic E-state index is 0.136. The molecule has 0 aliphatic heterocycles. The van der Waals surface area contributed by atoms with E-state index in [-0.39, 0.29) is 5.78 Å². The third-order valence-corrected chi connectivity index (χ3v) is 2.56. The van der Waals surface area contributed by atoms with Gasteiger partial charge in [-0.25, -0.2) is 0 Å². The lowest BCUT2D eigenvalue weighted by molar-refractivity contribution is 0.0980. The first-order valence-electron chi connectivity index (χ1n) is 4.73. The van der Waals surface area contributed by atoms with E-state index in [0.29, 0.717) is 17.7 Å². The highest BCUT2D eigenvalue weighted by Gasteiger charge is 2.08. The van der Waals surface area contributed by atoms with Gasteiger partial charge in [0.2, 0.25) is 0 Å². The van der Waals surface area contributed by atoms with Crippen molar-refractivity contribution >= 4 is 27.4 Å². The molecule has 76 valence electrons. The van der Waals surface area contributed by atoms with Crippen LogP contribution in [0.15, 0.2) is 22.7 Å². The van der Waals surface area contributed by atoms with E-state index in [0.717, 1.165) is 17.3 Å². The van der Waals surface area contributed by atoms with Crippen LogP contribution in [0.25, 0.3) is 0 Å². The summed E-state index contributed by atoms with van der Waals surface area (Å²) in [6.07, 6.45) is 2.54. The van der Waals surface area contributed by atoms with Gasteiger partial charge >= 0.3 is 0 Å². The number of hydrogen-bond donors (Lipinski definition) is 1. The summed E-state index contributed by atoms with van der Waals surface area (Å²) < 4.78 is 0.905. The van der Waals surface area contributed by atoms with Crippen molar-refractivity contribution in [3.8, 4) is 0 Å². The zero-order valence-electron chi connectivity index (χ0n) is 8.22. The highest BCUT2D eigenvalue weighted by molar-refractivity contribution is 9.10. The molecule has 0 saturated heterocycles. The molecule has 0 aliphatic rings. The Kier molecular flexibility index (Phi) is 4.14. The quantitative estimate of drug-likeness (QED) is 0.662. The molecule has 2 nitrogen and oxygen atoms in total. The maximum atomic E-state index is 11.6. The van der Waals surface area contributed by atoms with Gasteiger partial charge in [-0.3, -0.25) is 4.79 Å². The van der Waals surface area contributed by atoms with Gasteiger partial charge in [0, 0.05) is 22.1 Å². The van der Waals surface area contributed by atoms with E-state index < -0.39 is 0 Å². The molecule has 3 heteroatoms. The molecule has 0 heterocycles. The van der Waals surface area contributed by atoms with Crippen LogP contribution >= 0.6 is 15.9 Å². The average molecular weight is 256 g/mol. The number of nitrogen functional groups attached to an aromatic ring is 1. The molecule has 0 aliphatic carbocycles. The van der Waals surface area contributed by atoms with E-state index in [1.54, 1.807) is 12.1 Å². The van der Waals surface area contributed by atoms with Gasteiger partial charge in [0.05, 0.1) is 0 Å². The first-order valence-corrected chi connectivity index (χ1v) is 5.52. The van der Waals surface area contributed by atoms with Crippen molar-refractivity contribution in [1.82, 2.24) is 0 Å². The summed E-state index contributed by atoms with van der Waals surface area (Å²) in [5.41, 5.74) is 6.94. The number of carbonyl (C=O) groups is 1. The molecule has 1 rings (SSSR count). The van der Waals surface area contributed by atoms with Crippen LogP contribution in [0, 0.1) is 0 Å². The number of rotatable bonds is 4. The molecule has 0 aromatic heterocycles. The fourth-order valence-corrected chi connectivity index (χ4v) is 1.64. The van der Waals surface area contributed by atoms with Crippen molar-refractivity contribution in [2.75, 3.05) is 5.73 Å². The van der Waals surface area contributed by atoms with E-state index in [4.69, 9.17) is 5.73 Å². The van der Waals surface area contributed by atoms with Gasteiger partial charge in [0.1, 0.15) is 0 Å². The lowest BCUT2D eigenvalue weighted by Crippen LogP contribution is -2.03. The second kappa shape index (κ2) is 5.15. The molecule has 0 amide bonds. The highest BCUT2D eigenvalue weighted by atomic mass is 79.9. The summed E-state index contributed by atoms with van der Waals surface area (Å²) in [5, 5.41) is 0. The molecule has 0 spiro atoms. The number of unbranched alkanes of at least 4 members (excludes halogenated alkanes) is 1. The largest absolute Gasteiger partial charge is 0.398 e. The zero-order valence-corrected chi connectivity index (χ0v) is 9.80. The maximum Gasteiger partial charge on any atom is 0.164 e. The number of halogens is 1. The predicted octanol–water partition coefficient (Wildman–Crippen LogP) is 3.40. The normalized spacial score (nSPS) is 10.1. The molecule has 1 aromatic carbocycles. The molecular weight excluding hydrogens is 242 g/mol. The van der Waals surface area contributed by atoms with E-state index in [1.807, 2.05) is 6.07 Å². The van der Waals surface area contributed by atoms with Crippen LogP contribution < -0.4 is 5.73 Å². The standard InChI is InChI=1S/C11H14BrNO/c1-2-3-4-11(14)9-6-5-8(12)7-10(9)13/h5-7H,2-4,13H2,1H3. The third-order valence-electron chi connectivity index (χ3n) is 2.07. The van der Waals surface area contributed by atoms with Crippen molar-refractivity contribution in [1.29, 1.82) is 0 Å². The Labute approximate surface area is 92.6 Å². The Bertz CT molecular complexity index is 336. The minimum absolute atomic E-state index is 0.136. The maximum absolute atomic E-state index is 11.6. The summed E-state index contributed by atoms with van der Waals surface area (Å²) in [7, 11) is 0. The van der Waals surface area contributed by atoms with E-state index in [2.05, 4.69) is 22.9 Å². The molecule has 0 radical (unpaired) electrons. The number of benzene rings is 1. The fraction of sp³-hybridized carbons (Fsp3) is 0.364. The number of ketones is 1. The minimum Gasteiger partial charge on any atom is -0.398 e. The van der Waals surface area contributed by atoms with Crippen LogP contribution in [0.1, 0.15) is 36.5 Å². The van der Waals surface area contributed by atoms with Crippen molar-refractivity contribution in [3.63, 3.8) is 0 Å². The number of nitrogens with two attached hydrogens (primary N) is 1. The van der Waals surface area contributed by atoms with Crippen LogP contribution in [-0.4, -0.2) is 5.78 Å². The molecule has 0 unspecified atom stereocenters. The van der Waals surface area contributed by atoms with Gasteiger partial charge in [-0.15, -0.1) is 0 Å². The van der Waals surface area contributed by atoms with Crippen LogP contribution in [0.2, 0.25) is 0 Å². The van der Waals surface area contributed by atoms with Gasteiger partial charge in [0.15, 0.2) is 5.78 Å². The summed E-state index contributed by atoms with van der Waals surface area (Å²) in [6, 6.07) is 5.38. The van der Waals surface area contributed by atoms with Crippen molar-refractivity contribution < 1.29 is 4.79 Å². The first-order chi connectivity index (χ1) is 6.65. The Morgan fingerprint density at radius 1 is 1.50 bits per heavy atom. The third kappa shape index (κ3) is 2.84. The predicted molar refractivity (Wildman–Crippen MR) is 62.4 cm³/mol. The smallest absolute Gasteiger partial charge is 0.164 e. The zero-order chi connectivity index (χ0) is 10.6. The Balaban J connectivity index is 2.80. The van der Waals surface area contributed by atoms with Crippen LogP contribution in [0.5, 0.6) is 0 Å². The molecule has 2 N–H and O–H groups in total. The second-order valence-electron chi connectivity index (χ2n) is 3.26. The van der Waals surface area contributed by atoms with Gasteiger partial charge in [-0.1, -0.05) is 29.3 Å². The number of hydrogen-bond acceptors (Lipinski definition) is 2. The molecule has 0 bridgehead atoms. The van der Waals surface area contributed by atoms with Gasteiger partial charge < -0.3 is 5.73 Å². The number of anilines is 1. The monoisotopic (exact) mass is 255 g/mol. The first kappa shape index (κ1) is 11.2. The molecule has 1 aromatic rings. The van der Waals surface area contributed by atoms with E-state index in [9.17, 15) is 4.79 Å². The van der Waals surface area contributed by atoms with Crippen LogP contribution in [-0.2, 0) is 0 Å². The topological polar surface area (TPSA) is 43.1 Å². The Hall–Kier alpha value is -0.830. The number of Topliss-reactive ketones (excluding diaryl/α,β-unsaturated/α-hetero) is 1. The summed E-state index contributed by atoms with van der Waals surface area (Å²) >= 11 is 3.31. The molecule has 0 atom stereocenters. The molecule has 14 heavy (non-hydrogen) atoms. The second-order valence-corrected chi connectivity index (χ2v) is 4.17. The summed E-state index contributed by atoms with van der Waals surface area (Å²) in [6.45, 7) is 2.07. The molecule has 0 fully saturated rings. The Morgan fingerprint density at radius 2 is 2.21 bits per heavy atom. The van der Waals surface area contributed by atoms with Gasteiger partial charge in [0.25, 0.3) is 0 Å². The molecule has 0 saturated carbocycles. The Morgan fingerprint density at radius 3 is 2.79 bits per heavy atom. The van der Waals surface area contributed by atoms with Crippen LogP contribution in [0.3, 0.4) is 0 Å². The van der Waals surface area contributed by atoms with Crippen molar-refractivity contribution in [3.05, 3.63) is 28.2 Å². The fourth-order valence-electron chi connectivity index (χ4n) is 1.26. The van der Waals surface area contributed by atoms with Crippen LogP contribution in [0.4, 0.5) is 5.69 Å².